The van der Waals surface area contributed by atoms with Crippen LogP contribution in [0, 0.1) is 11.7 Å². The molecule has 0 bridgehead atoms. The Balaban J connectivity index is 2.38. The number of nitrogens with zero attached hydrogens (tertiary/aromatic N) is 1. The molecule has 1 unspecified atom stereocenters. The predicted octanol–water partition coefficient (Wildman–Crippen LogP) is 2.32. The van der Waals surface area contributed by atoms with Crippen LogP contribution in [-0.2, 0) is 0 Å². The van der Waals surface area contributed by atoms with E-state index in [2.05, 4.69) is 17.1 Å². The lowest BCUT2D eigenvalue weighted by Crippen LogP contribution is -2.23. The first-order valence-electron chi connectivity index (χ1n) is 4.91. The van der Waals surface area contributed by atoms with E-state index >= 15 is 0 Å². The summed E-state index contributed by atoms with van der Waals surface area (Å²) in [6, 6.07) is 4.90. The normalized spacial score (nSPS) is 21.1. The monoisotopic (exact) mass is 194 g/mol. The SMILES string of the molecule is CC1CNc2cc(F)ccc2N(C)C1. The molecule has 2 nitrogen and oxygen atoms in total. The van der Waals surface area contributed by atoms with Crippen molar-refractivity contribution in [3.63, 3.8) is 0 Å². The molecule has 76 valence electrons. The molecular weight excluding hydrogens is 179 g/mol. The number of nitrogens with one attached hydrogen (secondary N) is 1. The van der Waals surface area contributed by atoms with Gasteiger partial charge in [-0.2, -0.15) is 0 Å². The van der Waals surface area contributed by atoms with Crippen molar-refractivity contribution in [1.82, 2.24) is 0 Å². The number of halogens is 1. The van der Waals surface area contributed by atoms with Gasteiger partial charge in [0.2, 0.25) is 0 Å². The molecule has 1 N–H and O–H groups in total. The zero-order valence-electron chi connectivity index (χ0n) is 8.55. The Morgan fingerprint density at radius 3 is 3.07 bits per heavy atom. The highest BCUT2D eigenvalue weighted by molar-refractivity contribution is 5.70. The fourth-order valence-corrected chi connectivity index (χ4v) is 1.90. The second-order valence-electron chi connectivity index (χ2n) is 4.03. The van der Waals surface area contributed by atoms with E-state index in [9.17, 15) is 4.39 Å². The van der Waals surface area contributed by atoms with Gasteiger partial charge in [0.1, 0.15) is 5.82 Å². The van der Waals surface area contributed by atoms with Crippen LogP contribution >= 0.6 is 0 Å². The number of hydrogen-bond donors (Lipinski definition) is 1. The van der Waals surface area contributed by atoms with Gasteiger partial charge in [0.15, 0.2) is 0 Å². The smallest absolute Gasteiger partial charge is 0.125 e. The van der Waals surface area contributed by atoms with Gasteiger partial charge in [-0.05, 0) is 24.1 Å². The Morgan fingerprint density at radius 1 is 1.50 bits per heavy atom. The molecule has 3 heteroatoms. The molecule has 0 amide bonds. The van der Waals surface area contributed by atoms with Crippen molar-refractivity contribution in [2.75, 3.05) is 30.4 Å². The molecule has 1 aliphatic rings. The van der Waals surface area contributed by atoms with E-state index in [1.807, 2.05) is 13.1 Å². The van der Waals surface area contributed by atoms with E-state index < -0.39 is 0 Å². The van der Waals surface area contributed by atoms with Crippen LogP contribution in [0.15, 0.2) is 18.2 Å². The Hall–Kier alpha value is -1.25. The molecule has 0 saturated heterocycles. The van der Waals surface area contributed by atoms with E-state index in [-0.39, 0.29) is 5.82 Å². The third-order valence-corrected chi connectivity index (χ3v) is 2.60. The highest BCUT2D eigenvalue weighted by atomic mass is 19.1. The molecular formula is C11H15FN2. The lowest BCUT2D eigenvalue weighted by atomic mass is 10.2. The van der Waals surface area contributed by atoms with Crippen LogP contribution in [0.5, 0.6) is 0 Å². The highest BCUT2D eigenvalue weighted by Gasteiger charge is 2.16. The molecule has 1 atom stereocenters. The molecule has 1 heterocycles. The lowest BCUT2D eigenvalue weighted by molar-refractivity contribution is 0.618. The first kappa shape index (κ1) is 9.31. The average molecular weight is 194 g/mol. The third kappa shape index (κ3) is 1.67. The van der Waals surface area contributed by atoms with Crippen LogP contribution in [0.1, 0.15) is 6.92 Å². The van der Waals surface area contributed by atoms with Crippen molar-refractivity contribution in [3.05, 3.63) is 24.0 Å². The van der Waals surface area contributed by atoms with Gasteiger partial charge in [-0.1, -0.05) is 6.92 Å². The van der Waals surface area contributed by atoms with Gasteiger partial charge in [-0.15, -0.1) is 0 Å². The van der Waals surface area contributed by atoms with Gasteiger partial charge in [0.25, 0.3) is 0 Å². The maximum atomic E-state index is 13.0. The van der Waals surface area contributed by atoms with Gasteiger partial charge in [-0.25, -0.2) is 4.39 Å². The Labute approximate surface area is 83.7 Å². The van der Waals surface area contributed by atoms with Crippen LogP contribution in [0.25, 0.3) is 0 Å². The second kappa shape index (κ2) is 3.48. The van der Waals surface area contributed by atoms with Gasteiger partial charge in [0, 0.05) is 20.1 Å². The second-order valence-corrected chi connectivity index (χ2v) is 4.03. The minimum absolute atomic E-state index is 0.181. The van der Waals surface area contributed by atoms with E-state index in [1.54, 1.807) is 6.07 Å². The van der Waals surface area contributed by atoms with Gasteiger partial charge >= 0.3 is 0 Å². The van der Waals surface area contributed by atoms with Crippen LogP contribution in [0.3, 0.4) is 0 Å². The van der Waals surface area contributed by atoms with E-state index in [4.69, 9.17) is 0 Å². The fourth-order valence-electron chi connectivity index (χ4n) is 1.90. The zero-order valence-corrected chi connectivity index (χ0v) is 8.55. The molecule has 0 aromatic heterocycles. The standard InChI is InChI=1S/C11H15FN2/c1-8-6-13-10-5-9(12)3-4-11(10)14(2)7-8/h3-5,8,13H,6-7H2,1-2H3. The van der Waals surface area contributed by atoms with Crippen LogP contribution in [0.4, 0.5) is 15.8 Å². The molecule has 0 aliphatic carbocycles. The van der Waals surface area contributed by atoms with Crippen molar-refractivity contribution in [2.45, 2.75) is 6.92 Å². The summed E-state index contributed by atoms with van der Waals surface area (Å²) in [5, 5.41) is 3.26. The van der Waals surface area contributed by atoms with Crippen molar-refractivity contribution >= 4 is 11.4 Å². The largest absolute Gasteiger partial charge is 0.383 e. The fraction of sp³-hybridized carbons (Fsp3) is 0.455. The number of rotatable bonds is 0. The summed E-state index contributed by atoms with van der Waals surface area (Å²) in [4.78, 5) is 2.17. The Bertz CT molecular complexity index is 338. The highest BCUT2D eigenvalue weighted by Crippen LogP contribution is 2.28. The molecule has 1 aliphatic heterocycles. The maximum absolute atomic E-state index is 13.0. The molecule has 0 spiro atoms. The van der Waals surface area contributed by atoms with E-state index in [0.29, 0.717) is 5.92 Å². The average Bonchev–Trinajstić information content (AvgIpc) is 2.26. The predicted molar refractivity (Wildman–Crippen MR) is 57.3 cm³/mol. The van der Waals surface area contributed by atoms with Gasteiger partial charge in [0.05, 0.1) is 11.4 Å². The summed E-state index contributed by atoms with van der Waals surface area (Å²) in [5.41, 5.74) is 1.98. The minimum Gasteiger partial charge on any atom is -0.383 e. The maximum Gasteiger partial charge on any atom is 0.125 e. The number of benzene rings is 1. The molecule has 2 rings (SSSR count). The Kier molecular flexibility index (Phi) is 2.32. The summed E-state index contributed by atoms with van der Waals surface area (Å²) < 4.78 is 13.0. The van der Waals surface area contributed by atoms with Crippen molar-refractivity contribution < 1.29 is 4.39 Å². The summed E-state index contributed by atoms with van der Waals surface area (Å²) in [6.07, 6.45) is 0. The third-order valence-electron chi connectivity index (χ3n) is 2.60. The lowest BCUT2D eigenvalue weighted by Gasteiger charge is -2.20. The molecule has 1 aromatic rings. The van der Waals surface area contributed by atoms with Crippen molar-refractivity contribution in [3.8, 4) is 0 Å². The first-order chi connectivity index (χ1) is 6.66. The quantitative estimate of drug-likeness (QED) is 0.682. The van der Waals surface area contributed by atoms with E-state index in [0.717, 1.165) is 24.5 Å². The van der Waals surface area contributed by atoms with Gasteiger partial charge < -0.3 is 10.2 Å². The molecule has 1 aromatic carbocycles. The first-order valence-corrected chi connectivity index (χ1v) is 4.91. The van der Waals surface area contributed by atoms with E-state index in [1.165, 1.54) is 6.07 Å². The number of hydrogen-bond acceptors (Lipinski definition) is 2. The summed E-state index contributed by atoms with van der Waals surface area (Å²) in [6.45, 7) is 4.10. The van der Waals surface area contributed by atoms with Crippen LogP contribution < -0.4 is 10.2 Å². The Morgan fingerprint density at radius 2 is 2.29 bits per heavy atom. The number of anilines is 2. The zero-order chi connectivity index (χ0) is 10.1. The topological polar surface area (TPSA) is 15.3 Å². The molecule has 0 fully saturated rings. The van der Waals surface area contributed by atoms with Crippen molar-refractivity contribution in [2.24, 2.45) is 5.92 Å². The summed E-state index contributed by atoms with van der Waals surface area (Å²) in [5.74, 6) is 0.398. The van der Waals surface area contributed by atoms with Crippen LogP contribution in [0.2, 0.25) is 0 Å². The molecule has 14 heavy (non-hydrogen) atoms. The molecule has 0 radical (unpaired) electrons. The molecule has 0 saturated carbocycles. The summed E-state index contributed by atoms with van der Waals surface area (Å²) >= 11 is 0. The van der Waals surface area contributed by atoms with Crippen LogP contribution in [-0.4, -0.2) is 20.1 Å². The number of fused-ring (bicyclic) bond motifs is 1. The summed E-state index contributed by atoms with van der Waals surface area (Å²) in [7, 11) is 2.04. The minimum atomic E-state index is -0.181. The van der Waals surface area contributed by atoms with Crippen molar-refractivity contribution in [1.29, 1.82) is 0 Å². The van der Waals surface area contributed by atoms with Gasteiger partial charge in [-0.3, -0.25) is 0 Å².